The Kier molecular flexibility index (Phi) is 5.56. The number of benzene rings is 1. The number of hydrogen-bond donors (Lipinski definition) is 1. The normalized spacial score (nSPS) is 12.3. The van der Waals surface area contributed by atoms with Crippen LogP contribution in [0.3, 0.4) is 0 Å². The van der Waals surface area contributed by atoms with Crippen molar-refractivity contribution >= 4 is 21.4 Å². The van der Waals surface area contributed by atoms with Crippen molar-refractivity contribution in [1.29, 1.82) is 0 Å². The molecule has 1 aromatic carbocycles. The second-order valence-corrected chi connectivity index (χ2v) is 8.46. The molecule has 0 saturated carbocycles. The molecule has 0 radical (unpaired) electrons. The molecule has 124 valence electrons. The number of nitroso groups, excluding NO2 is 1. The molecule has 0 amide bonds. The van der Waals surface area contributed by atoms with E-state index >= 15 is 0 Å². The Morgan fingerprint density at radius 1 is 1.27 bits per heavy atom. The molecule has 0 fully saturated rings. The number of hydrogen-bond acceptors (Lipinski definition) is 5. The fourth-order valence-corrected chi connectivity index (χ4v) is 3.50. The minimum Gasteiger partial charge on any atom is -0.492 e. The molecule has 0 aliphatic heterocycles. The van der Waals surface area contributed by atoms with Gasteiger partial charge in [0, 0.05) is 0 Å². The molecule has 7 heteroatoms. The molecule has 0 aliphatic carbocycles. The topological polar surface area (TPSA) is 84.8 Å². The number of nitrogens with one attached hydrogen (secondary N) is 1. The van der Waals surface area contributed by atoms with E-state index in [2.05, 4.69) is 9.90 Å². The smallest absolute Gasteiger partial charge is 0.233 e. The lowest BCUT2D eigenvalue weighted by molar-refractivity contribution is 0.417. The van der Waals surface area contributed by atoms with Crippen molar-refractivity contribution in [2.24, 2.45) is 11.1 Å². The van der Waals surface area contributed by atoms with Crippen molar-refractivity contribution in [2.75, 3.05) is 17.6 Å². The van der Waals surface area contributed by atoms with E-state index in [1.165, 1.54) is 7.11 Å². The number of ether oxygens (including phenoxy) is 1. The highest BCUT2D eigenvalue weighted by Crippen LogP contribution is 2.40. The van der Waals surface area contributed by atoms with E-state index in [0.717, 1.165) is 5.56 Å². The highest BCUT2D eigenvalue weighted by atomic mass is 32.2. The molecule has 0 aromatic heterocycles. The Bertz CT molecular complexity index is 646. The summed E-state index contributed by atoms with van der Waals surface area (Å²) < 4.78 is 32.0. The van der Waals surface area contributed by atoms with Crippen molar-refractivity contribution < 1.29 is 13.2 Å². The van der Waals surface area contributed by atoms with Crippen LogP contribution in [0.5, 0.6) is 5.75 Å². The molecule has 0 bridgehead atoms. The van der Waals surface area contributed by atoms with E-state index in [1.807, 2.05) is 34.6 Å². The predicted molar refractivity (Wildman–Crippen MR) is 89.4 cm³/mol. The summed E-state index contributed by atoms with van der Waals surface area (Å²) in [5.41, 5.74) is 0.858. The first-order valence-electron chi connectivity index (χ1n) is 7.06. The fraction of sp³-hybridized carbons (Fsp3) is 0.600. The first kappa shape index (κ1) is 18.4. The summed E-state index contributed by atoms with van der Waals surface area (Å²) in [7, 11) is -2.15. The van der Waals surface area contributed by atoms with Gasteiger partial charge < -0.3 is 4.74 Å². The van der Waals surface area contributed by atoms with Gasteiger partial charge in [-0.1, -0.05) is 34.6 Å². The standard InChI is InChI=1S/C15H24N2O4S/c1-10(2)9-22(19,20)17-13-8-11(15(3,4)5)7-12(16-18)14(13)21-6/h7-8,10,17H,9H2,1-6H3. The maximum Gasteiger partial charge on any atom is 0.233 e. The van der Waals surface area contributed by atoms with Crippen LogP contribution in [0.4, 0.5) is 11.4 Å². The molecule has 0 aliphatic rings. The molecule has 1 rings (SSSR count). The third kappa shape index (κ3) is 4.69. The van der Waals surface area contributed by atoms with Crippen LogP contribution in [-0.4, -0.2) is 21.3 Å². The van der Waals surface area contributed by atoms with E-state index in [9.17, 15) is 13.3 Å². The Balaban J connectivity index is 3.41. The van der Waals surface area contributed by atoms with Gasteiger partial charge in [0.2, 0.25) is 10.0 Å². The third-order valence-corrected chi connectivity index (χ3v) is 4.69. The van der Waals surface area contributed by atoms with Crippen LogP contribution in [0.1, 0.15) is 40.2 Å². The summed E-state index contributed by atoms with van der Waals surface area (Å²) in [5, 5.41) is 2.96. The summed E-state index contributed by atoms with van der Waals surface area (Å²) >= 11 is 0. The summed E-state index contributed by atoms with van der Waals surface area (Å²) in [6.07, 6.45) is 0. The summed E-state index contributed by atoms with van der Waals surface area (Å²) in [6, 6.07) is 3.30. The van der Waals surface area contributed by atoms with Crippen molar-refractivity contribution in [1.82, 2.24) is 0 Å². The molecular weight excluding hydrogens is 304 g/mol. The first-order valence-corrected chi connectivity index (χ1v) is 8.71. The number of nitrogens with zero attached hydrogens (tertiary/aromatic N) is 1. The molecular formula is C15H24N2O4S. The molecule has 22 heavy (non-hydrogen) atoms. The molecule has 0 unspecified atom stereocenters. The Morgan fingerprint density at radius 3 is 2.27 bits per heavy atom. The lowest BCUT2D eigenvalue weighted by Gasteiger charge is -2.22. The minimum absolute atomic E-state index is 0.0141. The number of methoxy groups -OCH3 is 1. The quantitative estimate of drug-likeness (QED) is 0.805. The van der Waals surface area contributed by atoms with Gasteiger partial charge in [-0.3, -0.25) is 4.72 Å². The number of rotatable bonds is 6. The molecule has 1 aromatic rings. The highest BCUT2D eigenvalue weighted by Gasteiger charge is 2.23. The van der Waals surface area contributed by atoms with Gasteiger partial charge in [-0.25, -0.2) is 8.42 Å². The van der Waals surface area contributed by atoms with Crippen LogP contribution >= 0.6 is 0 Å². The van der Waals surface area contributed by atoms with Crippen molar-refractivity contribution in [3.63, 3.8) is 0 Å². The molecule has 0 atom stereocenters. The second kappa shape index (κ2) is 6.64. The van der Waals surface area contributed by atoms with Crippen LogP contribution in [0, 0.1) is 10.8 Å². The fourth-order valence-electron chi connectivity index (χ4n) is 2.05. The van der Waals surface area contributed by atoms with Gasteiger partial charge >= 0.3 is 0 Å². The van der Waals surface area contributed by atoms with Gasteiger partial charge in [0.25, 0.3) is 0 Å². The molecule has 0 heterocycles. The molecule has 0 saturated heterocycles. The minimum atomic E-state index is -3.53. The van der Waals surface area contributed by atoms with E-state index < -0.39 is 10.0 Å². The Morgan fingerprint density at radius 2 is 1.86 bits per heavy atom. The number of anilines is 1. The van der Waals surface area contributed by atoms with Crippen LogP contribution in [-0.2, 0) is 15.4 Å². The maximum absolute atomic E-state index is 12.2. The van der Waals surface area contributed by atoms with Crippen LogP contribution in [0.25, 0.3) is 0 Å². The van der Waals surface area contributed by atoms with Crippen LogP contribution < -0.4 is 9.46 Å². The van der Waals surface area contributed by atoms with Gasteiger partial charge in [-0.2, -0.15) is 0 Å². The maximum atomic E-state index is 12.2. The van der Waals surface area contributed by atoms with Crippen LogP contribution in [0.15, 0.2) is 17.3 Å². The average Bonchev–Trinajstić information content (AvgIpc) is 2.34. The van der Waals surface area contributed by atoms with Gasteiger partial charge in [-0.15, -0.1) is 4.91 Å². The van der Waals surface area contributed by atoms with Gasteiger partial charge in [0.05, 0.1) is 18.6 Å². The molecule has 0 spiro atoms. The third-order valence-electron chi connectivity index (χ3n) is 3.06. The van der Waals surface area contributed by atoms with Crippen molar-refractivity contribution in [3.8, 4) is 5.75 Å². The average molecular weight is 328 g/mol. The van der Waals surface area contributed by atoms with Gasteiger partial charge in [-0.05, 0) is 34.2 Å². The van der Waals surface area contributed by atoms with E-state index in [4.69, 9.17) is 4.74 Å². The predicted octanol–water partition coefficient (Wildman–Crippen LogP) is 3.79. The SMILES string of the molecule is COc1c(N=O)cc(C(C)(C)C)cc1NS(=O)(=O)CC(C)C. The lowest BCUT2D eigenvalue weighted by Crippen LogP contribution is -2.21. The second-order valence-electron chi connectivity index (χ2n) is 6.69. The molecule has 6 nitrogen and oxygen atoms in total. The van der Waals surface area contributed by atoms with E-state index in [1.54, 1.807) is 12.1 Å². The van der Waals surface area contributed by atoms with E-state index in [0.29, 0.717) is 0 Å². The monoisotopic (exact) mass is 328 g/mol. The summed E-state index contributed by atoms with van der Waals surface area (Å²) in [5.74, 6) is 0.105. The van der Waals surface area contributed by atoms with Gasteiger partial charge in [0.1, 0.15) is 0 Å². The number of sulfonamides is 1. The zero-order chi connectivity index (χ0) is 17.1. The lowest BCUT2D eigenvalue weighted by atomic mass is 9.86. The summed E-state index contributed by atoms with van der Waals surface area (Å²) in [6.45, 7) is 9.54. The zero-order valence-corrected chi connectivity index (χ0v) is 14.7. The highest BCUT2D eigenvalue weighted by molar-refractivity contribution is 7.92. The zero-order valence-electron chi connectivity index (χ0n) is 13.9. The van der Waals surface area contributed by atoms with Crippen molar-refractivity contribution in [3.05, 3.63) is 22.6 Å². The summed E-state index contributed by atoms with van der Waals surface area (Å²) in [4.78, 5) is 11.1. The Hall–Kier alpha value is -1.63. The van der Waals surface area contributed by atoms with E-state index in [-0.39, 0.29) is 34.2 Å². The molecule has 1 N–H and O–H groups in total. The largest absolute Gasteiger partial charge is 0.492 e. The Labute approximate surface area is 132 Å². The van der Waals surface area contributed by atoms with Crippen molar-refractivity contribution in [2.45, 2.75) is 40.0 Å². The first-order chi connectivity index (χ1) is 10.00. The van der Waals surface area contributed by atoms with Crippen LogP contribution in [0.2, 0.25) is 0 Å². The van der Waals surface area contributed by atoms with Gasteiger partial charge in [0.15, 0.2) is 11.4 Å².